The molecule has 4 aromatic rings. The molecular formula is C13H5N5S4. The highest BCUT2D eigenvalue weighted by Crippen LogP contribution is 2.33. The molecule has 0 unspecified atom stereocenters. The molecule has 9 heteroatoms. The fourth-order valence-corrected chi connectivity index (χ4v) is 4.74. The average molecular weight is 359 g/mol. The summed E-state index contributed by atoms with van der Waals surface area (Å²) in [6.07, 6.45) is 0. The Morgan fingerprint density at radius 3 is 2.00 bits per heavy atom. The molecule has 0 radical (unpaired) electrons. The molecule has 0 bridgehead atoms. The van der Waals surface area contributed by atoms with Crippen molar-refractivity contribution in [1.82, 2.24) is 19.9 Å². The van der Waals surface area contributed by atoms with Crippen molar-refractivity contribution in [2.45, 2.75) is 0 Å². The molecule has 0 atom stereocenters. The summed E-state index contributed by atoms with van der Waals surface area (Å²) in [5.74, 6) is 0. The van der Waals surface area contributed by atoms with Crippen LogP contribution in [0, 0.1) is 11.3 Å². The van der Waals surface area contributed by atoms with Crippen LogP contribution in [0.4, 0.5) is 0 Å². The fraction of sp³-hybridized carbons (Fsp3) is 0. The summed E-state index contributed by atoms with van der Waals surface area (Å²) in [5, 5.41) is 19.0. The lowest BCUT2D eigenvalue weighted by molar-refractivity contribution is 1.29. The van der Waals surface area contributed by atoms with Gasteiger partial charge >= 0.3 is 0 Å². The largest absolute Gasteiger partial charge is 0.242 e. The summed E-state index contributed by atoms with van der Waals surface area (Å²) < 4.78 is 0. The standard InChI is InChI=1S/C13H5N5S4/c14-1-7-2-20-12(16-7)9-4-22-13(18-9)10-5-21-11(17-10)8-3-19-6-15-8/h2-6H. The van der Waals surface area contributed by atoms with Gasteiger partial charge in [-0.25, -0.2) is 19.9 Å². The maximum Gasteiger partial charge on any atom is 0.152 e. The van der Waals surface area contributed by atoms with Gasteiger partial charge in [0.05, 0.1) is 5.51 Å². The summed E-state index contributed by atoms with van der Waals surface area (Å²) >= 11 is 6.06. The van der Waals surface area contributed by atoms with Crippen molar-refractivity contribution in [3.05, 3.63) is 32.7 Å². The Bertz CT molecular complexity index is 957. The number of hydrogen-bond donors (Lipinski definition) is 0. The van der Waals surface area contributed by atoms with Crippen molar-refractivity contribution in [1.29, 1.82) is 5.26 Å². The second-order valence-corrected chi connectivity index (χ2v) is 7.39. The minimum Gasteiger partial charge on any atom is -0.242 e. The van der Waals surface area contributed by atoms with E-state index in [-0.39, 0.29) is 0 Å². The Morgan fingerprint density at radius 2 is 1.41 bits per heavy atom. The summed E-state index contributed by atoms with van der Waals surface area (Å²) in [5.41, 5.74) is 4.76. The highest BCUT2D eigenvalue weighted by atomic mass is 32.1. The molecule has 5 nitrogen and oxygen atoms in total. The minimum absolute atomic E-state index is 0.425. The van der Waals surface area contributed by atoms with Crippen LogP contribution < -0.4 is 0 Å². The van der Waals surface area contributed by atoms with E-state index in [4.69, 9.17) is 5.26 Å². The van der Waals surface area contributed by atoms with Crippen LogP contribution in [0.25, 0.3) is 32.1 Å². The molecule has 4 heterocycles. The molecule has 0 aliphatic rings. The SMILES string of the molecule is N#Cc1csc(-c2csc(-c3csc(-c4cscn4)n3)n2)n1. The number of rotatable bonds is 3. The highest BCUT2D eigenvalue weighted by molar-refractivity contribution is 7.16. The first-order valence-electron chi connectivity index (χ1n) is 5.99. The lowest BCUT2D eigenvalue weighted by Gasteiger charge is -1.89. The van der Waals surface area contributed by atoms with Gasteiger partial charge in [-0.15, -0.1) is 45.3 Å². The molecule has 0 saturated carbocycles. The van der Waals surface area contributed by atoms with Gasteiger partial charge in [-0.05, 0) is 0 Å². The molecular weight excluding hydrogens is 354 g/mol. The number of thiazole rings is 4. The van der Waals surface area contributed by atoms with Crippen LogP contribution in [0.1, 0.15) is 5.69 Å². The maximum absolute atomic E-state index is 8.84. The summed E-state index contributed by atoms with van der Waals surface area (Å²) in [7, 11) is 0. The number of aromatic nitrogens is 4. The third-order valence-corrected chi connectivity index (χ3v) is 5.90. The zero-order valence-corrected chi connectivity index (χ0v) is 14.0. The van der Waals surface area contributed by atoms with Crippen LogP contribution in [-0.2, 0) is 0 Å². The normalized spacial score (nSPS) is 10.7. The molecule has 0 aliphatic heterocycles. The molecule has 0 spiro atoms. The molecule has 0 amide bonds. The van der Waals surface area contributed by atoms with Gasteiger partial charge in [0.15, 0.2) is 5.69 Å². The summed E-state index contributed by atoms with van der Waals surface area (Å²) in [4.78, 5) is 17.7. The van der Waals surface area contributed by atoms with E-state index in [0.717, 1.165) is 32.1 Å². The molecule has 0 N–H and O–H groups in total. The van der Waals surface area contributed by atoms with Crippen LogP contribution >= 0.6 is 45.3 Å². The quantitative estimate of drug-likeness (QED) is 0.542. The highest BCUT2D eigenvalue weighted by Gasteiger charge is 2.14. The van der Waals surface area contributed by atoms with E-state index < -0.39 is 0 Å². The zero-order valence-electron chi connectivity index (χ0n) is 10.8. The second kappa shape index (κ2) is 5.66. The Labute approximate surface area is 141 Å². The molecule has 0 fully saturated rings. The van der Waals surface area contributed by atoms with Crippen LogP contribution in [0.5, 0.6) is 0 Å². The molecule has 0 aliphatic carbocycles. The molecule has 0 aromatic carbocycles. The first kappa shape index (κ1) is 13.7. The fourth-order valence-electron chi connectivity index (χ4n) is 1.74. The van der Waals surface area contributed by atoms with E-state index in [1.54, 1.807) is 33.6 Å². The minimum atomic E-state index is 0.425. The third-order valence-electron chi connectivity index (χ3n) is 2.72. The van der Waals surface area contributed by atoms with Gasteiger partial charge in [0.2, 0.25) is 0 Å². The van der Waals surface area contributed by atoms with Gasteiger partial charge in [0.25, 0.3) is 0 Å². The van der Waals surface area contributed by atoms with Gasteiger partial charge in [-0.2, -0.15) is 5.26 Å². The first-order chi connectivity index (χ1) is 10.8. The first-order valence-corrected chi connectivity index (χ1v) is 9.57. The lowest BCUT2D eigenvalue weighted by atomic mass is 10.4. The van der Waals surface area contributed by atoms with Crippen molar-refractivity contribution < 1.29 is 0 Å². The van der Waals surface area contributed by atoms with Gasteiger partial charge in [-0.3, -0.25) is 0 Å². The van der Waals surface area contributed by atoms with Gasteiger partial charge in [0.1, 0.15) is 38.2 Å². The van der Waals surface area contributed by atoms with Gasteiger partial charge < -0.3 is 0 Å². The lowest BCUT2D eigenvalue weighted by Crippen LogP contribution is -1.80. The molecule has 4 rings (SSSR count). The van der Waals surface area contributed by atoms with Crippen molar-refractivity contribution in [2.75, 3.05) is 0 Å². The van der Waals surface area contributed by atoms with Crippen molar-refractivity contribution in [2.24, 2.45) is 0 Å². The van der Waals surface area contributed by atoms with Crippen LogP contribution in [0.15, 0.2) is 27.0 Å². The Kier molecular flexibility index (Phi) is 3.51. The summed E-state index contributed by atoms with van der Waals surface area (Å²) in [6, 6.07) is 2.03. The van der Waals surface area contributed by atoms with E-state index in [2.05, 4.69) is 19.9 Å². The van der Waals surface area contributed by atoms with E-state index in [1.165, 1.54) is 22.7 Å². The van der Waals surface area contributed by atoms with Crippen LogP contribution in [0.3, 0.4) is 0 Å². The number of hydrogen-bond acceptors (Lipinski definition) is 9. The summed E-state index contributed by atoms with van der Waals surface area (Å²) in [6.45, 7) is 0. The third kappa shape index (κ3) is 2.46. The Balaban J connectivity index is 1.66. The van der Waals surface area contributed by atoms with E-state index in [0.29, 0.717) is 5.69 Å². The topological polar surface area (TPSA) is 75.3 Å². The maximum atomic E-state index is 8.84. The monoisotopic (exact) mass is 359 g/mol. The van der Waals surface area contributed by atoms with Crippen molar-refractivity contribution in [3.8, 4) is 38.2 Å². The Morgan fingerprint density at radius 1 is 0.773 bits per heavy atom. The molecule has 22 heavy (non-hydrogen) atoms. The average Bonchev–Trinajstić information content (AvgIpc) is 3.33. The second-order valence-electron chi connectivity index (χ2n) is 4.10. The van der Waals surface area contributed by atoms with E-state index in [1.807, 2.05) is 22.2 Å². The number of nitrogens with zero attached hydrogens (tertiary/aromatic N) is 5. The van der Waals surface area contributed by atoms with Crippen molar-refractivity contribution in [3.63, 3.8) is 0 Å². The number of nitriles is 1. The van der Waals surface area contributed by atoms with E-state index >= 15 is 0 Å². The smallest absolute Gasteiger partial charge is 0.152 e. The predicted octanol–water partition coefficient (Wildman–Crippen LogP) is 4.39. The zero-order chi connectivity index (χ0) is 14.9. The predicted molar refractivity (Wildman–Crippen MR) is 90.2 cm³/mol. The Hall–Kier alpha value is -1.99. The van der Waals surface area contributed by atoms with E-state index in [9.17, 15) is 0 Å². The molecule has 4 aromatic heterocycles. The van der Waals surface area contributed by atoms with Gasteiger partial charge in [0, 0.05) is 21.5 Å². The van der Waals surface area contributed by atoms with Crippen LogP contribution in [-0.4, -0.2) is 19.9 Å². The molecule has 106 valence electrons. The van der Waals surface area contributed by atoms with Crippen molar-refractivity contribution >= 4 is 45.3 Å². The van der Waals surface area contributed by atoms with Gasteiger partial charge in [-0.1, -0.05) is 0 Å². The van der Waals surface area contributed by atoms with Crippen LogP contribution in [0.2, 0.25) is 0 Å². The molecule has 0 saturated heterocycles.